The summed E-state index contributed by atoms with van der Waals surface area (Å²) in [4.78, 5) is 8.47. The van der Waals surface area contributed by atoms with Crippen LogP contribution in [0.3, 0.4) is 0 Å². The van der Waals surface area contributed by atoms with Crippen LogP contribution in [0.4, 0.5) is 11.6 Å². The highest BCUT2D eigenvalue weighted by Crippen LogP contribution is 2.17. The summed E-state index contributed by atoms with van der Waals surface area (Å²) >= 11 is 1.50. The zero-order chi connectivity index (χ0) is 12.1. The lowest BCUT2D eigenvalue weighted by atomic mass is 10.1. The molecule has 4 nitrogen and oxygen atoms in total. The predicted octanol–water partition coefficient (Wildman–Crippen LogP) is 2.63. The molecule has 0 saturated heterocycles. The maximum atomic E-state index is 5.71. The Morgan fingerprint density at radius 3 is 2.62 bits per heavy atom. The fourth-order valence-corrected chi connectivity index (χ4v) is 2.01. The summed E-state index contributed by atoms with van der Waals surface area (Å²) < 4.78 is 0. The Morgan fingerprint density at radius 1 is 1.38 bits per heavy atom. The molecule has 1 unspecified atom stereocenters. The van der Waals surface area contributed by atoms with E-state index in [2.05, 4.69) is 36.1 Å². The van der Waals surface area contributed by atoms with Crippen LogP contribution in [0, 0.1) is 5.92 Å². The second-order valence-electron chi connectivity index (χ2n) is 4.34. The van der Waals surface area contributed by atoms with E-state index in [0.717, 1.165) is 12.2 Å². The predicted molar refractivity (Wildman–Crippen MR) is 70.8 cm³/mol. The lowest BCUT2D eigenvalue weighted by Gasteiger charge is -2.16. The number of hydrogen-bond acceptors (Lipinski definition) is 5. The number of nitrogen functional groups attached to an aromatic ring is 1. The molecule has 0 spiro atoms. The highest BCUT2D eigenvalue weighted by molar-refractivity contribution is 7.98. The van der Waals surface area contributed by atoms with Crippen LogP contribution < -0.4 is 11.1 Å². The lowest BCUT2D eigenvalue weighted by Crippen LogP contribution is -2.18. The molecule has 0 saturated carbocycles. The third-order valence-electron chi connectivity index (χ3n) is 2.13. The van der Waals surface area contributed by atoms with Crippen LogP contribution in [0.15, 0.2) is 11.2 Å². The highest BCUT2D eigenvalue weighted by Gasteiger charge is 2.07. The van der Waals surface area contributed by atoms with Gasteiger partial charge in [-0.25, -0.2) is 9.97 Å². The normalized spacial score (nSPS) is 12.8. The Morgan fingerprint density at radius 2 is 2.06 bits per heavy atom. The van der Waals surface area contributed by atoms with Gasteiger partial charge in [0.2, 0.25) is 0 Å². The summed E-state index contributed by atoms with van der Waals surface area (Å²) in [5.41, 5.74) is 5.71. The van der Waals surface area contributed by atoms with E-state index in [4.69, 9.17) is 5.73 Å². The first-order valence-corrected chi connectivity index (χ1v) is 6.68. The number of nitrogens with one attached hydrogen (secondary N) is 1. The summed E-state index contributed by atoms with van der Waals surface area (Å²) in [6.45, 7) is 6.57. The molecule has 0 amide bonds. The van der Waals surface area contributed by atoms with E-state index in [1.165, 1.54) is 11.8 Å². The van der Waals surface area contributed by atoms with E-state index in [1.807, 2.05) is 6.26 Å². The first-order valence-electron chi connectivity index (χ1n) is 5.46. The average molecular weight is 240 g/mol. The van der Waals surface area contributed by atoms with Crippen molar-refractivity contribution in [1.29, 1.82) is 0 Å². The first kappa shape index (κ1) is 13.1. The van der Waals surface area contributed by atoms with Gasteiger partial charge < -0.3 is 11.1 Å². The summed E-state index contributed by atoms with van der Waals surface area (Å²) in [5.74, 6) is 1.99. The Hall–Kier alpha value is -0.970. The molecule has 0 aromatic carbocycles. The van der Waals surface area contributed by atoms with Crippen molar-refractivity contribution in [3.63, 3.8) is 0 Å². The number of thioether (sulfide) groups is 1. The summed E-state index contributed by atoms with van der Waals surface area (Å²) in [6, 6.07) is 2.17. The zero-order valence-electron chi connectivity index (χ0n) is 10.3. The molecule has 3 N–H and O–H groups in total. The van der Waals surface area contributed by atoms with Crippen molar-refractivity contribution in [2.24, 2.45) is 5.92 Å². The van der Waals surface area contributed by atoms with Crippen LogP contribution in [-0.4, -0.2) is 22.3 Å². The van der Waals surface area contributed by atoms with Crippen molar-refractivity contribution in [1.82, 2.24) is 9.97 Å². The van der Waals surface area contributed by atoms with Gasteiger partial charge in [0.05, 0.1) is 0 Å². The minimum Gasteiger partial charge on any atom is -0.383 e. The fourth-order valence-electron chi connectivity index (χ4n) is 1.63. The van der Waals surface area contributed by atoms with E-state index >= 15 is 0 Å². The Labute approximate surface area is 101 Å². The number of hydrogen-bond donors (Lipinski definition) is 2. The molecular weight excluding hydrogens is 220 g/mol. The van der Waals surface area contributed by atoms with Crippen LogP contribution >= 0.6 is 11.8 Å². The molecule has 5 heteroatoms. The minimum absolute atomic E-state index is 0.393. The molecule has 1 atom stereocenters. The van der Waals surface area contributed by atoms with Gasteiger partial charge in [-0.3, -0.25) is 0 Å². The SMILES string of the molecule is CSc1nc(N)cc(NC(C)CC(C)C)n1. The van der Waals surface area contributed by atoms with Crippen LogP contribution in [0.1, 0.15) is 27.2 Å². The van der Waals surface area contributed by atoms with Crippen molar-refractivity contribution in [2.75, 3.05) is 17.3 Å². The van der Waals surface area contributed by atoms with Crippen LogP contribution in [0.5, 0.6) is 0 Å². The van der Waals surface area contributed by atoms with E-state index in [1.54, 1.807) is 6.07 Å². The number of anilines is 2. The highest BCUT2D eigenvalue weighted by atomic mass is 32.2. The molecule has 1 rings (SSSR count). The average Bonchev–Trinajstić information content (AvgIpc) is 2.14. The van der Waals surface area contributed by atoms with Crippen molar-refractivity contribution in [3.05, 3.63) is 6.07 Å². The Bertz CT molecular complexity index is 341. The molecule has 0 radical (unpaired) electrons. The fraction of sp³-hybridized carbons (Fsp3) is 0.636. The van der Waals surface area contributed by atoms with Crippen molar-refractivity contribution < 1.29 is 0 Å². The smallest absolute Gasteiger partial charge is 0.191 e. The second kappa shape index (κ2) is 5.94. The molecule has 1 aromatic heterocycles. The minimum atomic E-state index is 0.393. The molecule has 1 aromatic rings. The largest absolute Gasteiger partial charge is 0.383 e. The van der Waals surface area contributed by atoms with Crippen LogP contribution in [-0.2, 0) is 0 Å². The number of rotatable bonds is 5. The summed E-state index contributed by atoms with van der Waals surface area (Å²) in [5, 5.41) is 4.05. The third-order valence-corrected chi connectivity index (χ3v) is 2.67. The van der Waals surface area contributed by atoms with Gasteiger partial charge in [-0.05, 0) is 25.5 Å². The van der Waals surface area contributed by atoms with Gasteiger partial charge >= 0.3 is 0 Å². The van der Waals surface area contributed by atoms with Gasteiger partial charge in [0.15, 0.2) is 5.16 Å². The first-order chi connectivity index (χ1) is 7.51. The molecule has 0 fully saturated rings. The maximum absolute atomic E-state index is 5.71. The van der Waals surface area contributed by atoms with Crippen molar-refractivity contribution in [3.8, 4) is 0 Å². The second-order valence-corrected chi connectivity index (χ2v) is 5.11. The quantitative estimate of drug-likeness (QED) is 0.612. The van der Waals surface area contributed by atoms with Gasteiger partial charge in [0.25, 0.3) is 0 Å². The molecular formula is C11H20N4S. The van der Waals surface area contributed by atoms with E-state index in [9.17, 15) is 0 Å². The standard InChI is InChI=1S/C11H20N4S/c1-7(2)5-8(3)13-10-6-9(12)14-11(15-10)16-4/h6-8H,5H2,1-4H3,(H3,12,13,14,15). The monoisotopic (exact) mass is 240 g/mol. The lowest BCUT2D eigenvalue weighted by molar-refractivity contribution is 0.538. The molecule has 90 valence electrons. The van der Waals surface area contributed by atoms with E-state index in [0.29, 0.717) is 22.9 Å². The molecule has 0 aliphatic heterocycles. The summed E-state index contributed by atoms with van der Waals surface area (Å²) in [7, 11) is 0. The number of aromatic nitrogens is 2. The molecule has 0 aliphatic carbocycles. The van der Waals surface area contributed by atoms with E-state index in [-0.39, 0.29) is 0 Å². The van der Waals surface area contributed by atoms with E-state index < -0.39 is 0 Å². The van der Waals surface area contributed by atoms with Crippen molar-refractivity contribution in [2.45, 2.75) is 38.4 Å². The number of nitrogens with zero attached hydrogens (tertiary/aromatic N) is 2. The maximum Gasteiger partial charge on any atom is 0.191 e. The zero-order valence-corrected chi connectivity index (χ0v) is 11.1. The van der Waals surface area contributed by atoms with Gasteiger partial charge in [-0.1, -0.05) is 25.6 Å². The Kier molecular flexibility index (Phi) is 4.86. The Balaban J connectivity index is 2.69. The van der Waals surface area contributed by atoms with Gasteiger partial charge in [-0.15, -0.1) is 0 Å². The third kappa shape index (κ3) is 4.26. The van der Waals surface area contributed by atoms with Gasteiger partial charge in [0.1, 0.15) is 11.6 Å². The molecule has 16 heavy (non-hydrogen) atoms. The molecule has 0 aliphatic rings. The molecule has 0 bridgehead atoms. The molecule has 1 heterocycles. The van der Waals surface area contributed by atoms with Gasteiger partial charge in [-0.2, -0.15) is 0 Å². The topological polar surface area (TPSA) is 63.8 Å². The van der Waals surface area contributed by atoms with Crippen LogP contribution in [0.25, 0.3) is 0 Å². The van der Waals surface area contributed by atoms with Crippen molar-refractivity contribution >= 4 is 23.4 Å². The van der Waals surface area contributed by atoms with Crippen LogP contribution in [0.2, 0.25) is 0 Å². The van der Waals surface area contributed by atoms with Gasteiger partial charge in [0, 0.05) is 12.1 Å². The number of nitrogens with two attached hydrogens (primary N) is 1. The summed E-state index contributed by atoms with van der Waals surface area (Å²) in [6.07, 6.45) is 3.05.